The van der Waals surface area contributed by atoms with Crippen LogP contribution in [0.25, 0.3) is 6.08 Å². The number of hydrogen-bond acceptors (Lipinski definition) is 7. The lowest BCUT2D eigenvalue weighted by atomic mass is 9.97. The Morgan fingerprint density at radius 2 is 2.09 bits per heavy atom. The molecule has 1 aliphatic heterocycles. The van der Waals surface area contributed by atoms with Crippen LogP contribution >= 0.6 is 0 Å². The number of rotatable bonds is 8. The molecule has 0 saturated carbocycles. The molecule has 0 bridgehead atoms. The predicted molar refractivity (Wildman–Crippen MR) is 136 cm³/mol. The van der Waals surface area contributed by atoms with Crippen LogP contribution in [0.4, 0.5) is 11.6 Å². The number of anilines is 2. The maximum absolute atomic E-state index is 13.3. The molecule has 1 fully saturated rings. The highest BCUT2D eigenvalue weighted by Crippen LogP contribution is 2.37. The van der Waals surface area contributed by atoms with Gasteiger partial charge in [0.25, 0.3) is 15.9 Å². The van der Waals surface area contributed by atoms with Gasteiger partial charge >= 0.3 is 0 Å². The zero-order valence-electron chi connectivity index (χ0n) is 20.6. The Kier molecular flexibility index (Phi) is 7.65. The van der Waals surface area contributed by atoms with Crippen molar-refractivity contribution in [3.8, 4) is 0 Å². The number of nitrogens with zero attached hydrogens (tertiary/aromatic N) is 3. The van der Waals surface area contributed by atoms with Crippen molar-refractivity contribution in [2.75, 3.05) is 17.2 Å². The minimum Gasteiger partial charge on any atom is -0.384 e. The van der Waals surface area contributed by atoms with Crippen molar-refractivity contribution in [1.82, 2.24) is 14.7 Å². The number of nitrogens with two attached hydrogens (primary N) is 1. The number of hydrogen-bond donors (Lipinski definition) is 2. The zero-order valence-corrected chi connectivity index (χ0v) is 21.4. The third-order valence-electron chi connectivity index (χ3n) is 5.93. The van der Waals surface area contributed by atoms with Crippen LogP contribution in [0.3, 0.4) is 0 Å². The summed E-state index contributed by atoms with van der Waals surface area (Å²) in [6.45, 7) is 11.4. The Morgan fingerprint density at radius 1 is 1.35 bits per heavy atom. The number of allylic oxidation sites excluding steroid dienone is 1. The van der Waals surface area contributed by atoms with E-state index in [4.69, 9.17) is 5.73 Å². The molecule has 2 aromatic rings. The first-order valence-electron chi connectivity index (χ1n) is 11.6. The second-order valence-electron chi connectivity index (χ2n) is 10.1. The Hall–Kier alpha value is -2.94. The van der Waals surface area contributed by atoms with E-state index in [1.165, 1.54) is 18.2 Å². The number of aromatic nitrogens is 2. The molecule has 0 spiro atoms. The van der Waals surface area contributed by atoms with Crippen molar-refractivity contribution in [1.29, 1.82) is 0 Å². The van der Waals surface area contributed by atoms with Crippen LogP contribution in [0.15, 0.2) is 41.6 Å². The normalized spacial score (nSPS) is 18.1. The van der Waals surface area contributed by atoms with E-state index in [0.29, 0.717) is 17.7 Å². The summed E-state index contributed by atoms with van der Waals surface area (Å²) in [5.74, 6) is 0.792. The molecule has 0 aromatic carbocycles. The summed E-state index contributed by atoms with van der Waals surface area (Å²) in [5.41, 5.74) is 6.36. The average molecular weight is 486 g/mol. The van der Waals surface area contributed by atoms with Gasteiger partial charge in [0.1, 0.15) is 11.6 Å². The van der Waals surface area contributed by atoms with Crippen LogP contribution in [0.2, 0.25) is 0 Å². The molecule has 9 heteroatoms. The van der Waals surface area contributed by atoms with E-state index >= 15 is 0 Å². The second kappa shape index (κ2) is 10.1. The lowest BCUT2D eigenvalue weighted by molar-refractivity contribution is 0.0981. The number of sulfonamides is 1. The molecule has 1 aliphatic rings. The molecule has 1 amide bonds. The largest absolute Gasteiger partial charge is 0.384 e. The average Bonchev–Trinajstić information content (AvgIpc) is 3.02. The van der Waals surface area contributed by atoms with Crippen LogP contribution < -0.4 is 15.4 Å². The van der Waals surface area contributed by atoms with Crippen LogP contribution in [0.1, 0.15) is 69.8 Å². The Labute approximate surface area is 202 Å². The first-order chi connectivity index (χ1) is 15.9. The summed E-state index contributed by atoms with van der Waals surface area (Å²) >= 11 is 0. The molecule has 3 N–H and O–H groups in total. The maximum Gasteiger partial charge on any atom is 0.281 e. The van der Waals surface area contributed by atoms with E-state index in [-0.39, 0.29) is 21.9 Å². The van der Waals surface area contributed by atoms with Gasteiger partial charge in [-0.05, 0) is 68.7 Å². The molecular weight excluding hydrogens is 450 g/mol. The quantitative estimate of drug-likeness (QED) is 0.574. The highest BCUT2D eigenvalue weighted by molar-refractivity contribution is 7.90. The molecule has 3 rings (SSSR count). The van der Waals surface area contributed by atoms with Gasteiger partial charge in [0, 0.05) is 18.3 Å². The standard InChI is InChI=1S/C25H35N5O3S/c1-17(2)9-6-7-10-19-13-20(23(27-15-19)30-16-18(3)14-25(30,4)5)24(31)29-34(32,33)22-12-8-11-21(26)28-22/h7-8,10-13,15,17-18H,6,9,14,16H2,1-5H3,(H2,26,28)(H,29,31)/b10-7+. The number of carbonyl (C=O) groups excluding carboxylic acids is 1. The Balaban J connectivity index is 1.97. The van der Waals surface area contributed by atoms with Crippen molar-refractivity contribution in [3.05, 3.63) is 47.7 Å². The van der Waals surface area contributed by atoms with Gasteiger partial charge in [-0.25, -0.2) is 14.7 Å². The van der Waals surface area contributed by atoms with Crippen LogP contribution in [-0.4, -0.2) is 36.4 Å². The van der Waals surface area contributed by atoms with E-state index in [0.717, 1.165) is 31.4 Å². The fraction of sp³-hybridized carbons (Fsp3) is 0.480. The molecule has 184 valence electrons. The van der Waals surface area contributed by atoms with Crippen LogP contribution in [0, 0.1) is 11.8 Å². The number of amides is 1. The van der Waals surface area contributed by atoms with Gasteiger partial charge in [-0.2, -0.15) is 8.42 Å². The fourth-order valence-electron chi connectivity index (χ4n) is 4.37. The number of nitrogens with one attached hydrogen (secondary N) is 1. The van der Waals surface area contributed by atoms with Gasteiger partial charge in [-0.15, -0.1) is 0 Å². The summed E-state index contributed by atoms with van der Waals surface area (Å²) in [5, 5.41) is -0.310. The topological polar surface area (TPSA) is 118 Å². The summed E-state index contributed by atoms with van der Waals surface area (Å²) in [4.78, 5) is 23.9. The SMILES string of the molecule is CC(C)CC/C=C/c1cnc(N2CC(C)CC2(C)C)c(C(=O)NS(=O)(=O)c2cccc(N)n2)c1. The van der Waals surface area contributed by atoms with Crippen LogP contribution in [0.5, 0.6) is 0 Å². The first kappa shape index (κ1) is 25.7. The van der Waals surface area contributed by atoms with Crippen molar-refractivity contribution < 1.29 is 13.2 Å². The molecule has 1 saturated heterocycles. The van der Waals surface area contributed by atoms with Gasteiger partial charge < -0.3 is 10.6 Å². The third-order valence-corrected chi connectivity index (χ3v) is 7.16. The van der Waals surface area contributed by atoms with E-state index < -0.39 is 15.9 Å². The molecule has 0 radical (unpaired) electrons. The van der Waals surface area contributed by atoms with E-state index in [1.807, 2.05) is 12.2 Å². The van der Waals surface area contributed by atoms with Crippen molar-refractivity contribution in [2.45, 2.75) is 64.4 Å². The number of nitrogen functional groups attached to an aromatic ring is 1. The van der Waals surface area contributed by atoms with Gasteiger partial charge in [0.2, 0.25) is 0 Å². The molecule has 2 aromatic heterocycles. The van der Waals surface area contributed by atoms with E-state index in [1.54, 1.807) is 12.3 Å². The highest BCUT2D eigenvalue weighted by Gasteiger charge is 2.39. The Bertz CT molecular complexity index is 1170. The number of pyridine rings is 2. The summed E-state index contributed by atoms with van der Waals surface area (Å²) in [6.07, 6.45) is 8.60. The van der Waals surface area contributed by atoms with Crippen molar-refractivity contribution >= 4 is 33.6 Å². The lowest BCUT2D eigenvalue weighted by Crippen LogP contribution is -2.41. The van der Waals surface area contributed by atoms with Gasteiger partial charge in [-0.1, -0.05) is 39.0 Å². The monoisotopic (exact) mass is 485 g/mol. The zero-order chi connectivity index (χ0) is 25.1. The van der Waals surface area contributed by atoms with Crippen molar-refractivity contribution in [3.63, 3.8) is 0 Å². The van der Waals surface area contributed by atoms with E-state index in [2.05, 4.69) is 54.2 Å². The van der Waals surface area contributed by atoms with Gasteiger partial charge in [-0.3, -0.25) is 4.79 Å². The maximum atomic E-state index is 13.3. The molecule has 8 nitrogen and oxygen atoms in total. The minimum absolute atomic E-state index is 0.0546. The minimum atomic E-state index is -4.21. The molecule has 1 atom stereocenters. The number of carbonyl (C=O) groups is 1. The molecule has 3 heterocycles. The molecule has 0 aliphatic carbocycles. The van der Waals surface area contributed by atoms with Gasteiger partial charge in [0.05, 0.1) is 5.56 Å². The lowest BCUT2D eigenvalue weighted by Gasteiger charge is -2.33. The summed E-state index contributed by atoms with van der Waals surface area (Å²) in [7, 11) is -4.21. The fourth-order valence-corrected chi connectivity index (χ4v) is 5.31. The highest BCUT2D eigenvalue weighted by atomic mass is 32.2. The first-order valence-corrected chi connectivity index (χ1v) is 13.1. The molecule has 1 unspecified atom stereocenters. The second-order valence-corrected chi connectivity index (χ2v) is 11.7. The smallest absolute Gasteiger partial charge is 0.281 e. The Morgan fingerprint density at radius 3 is 2.71 bits per heavy atom. The third kappa shape index (κ3) is 6.14. The summed E-state index contributed by atoms with van der Waals surface area (Å²) < 4.78 is 27.8. The van der Waals surface area contributed by atoms with Gasteiger partial charge in [0.15, 0.2) is 5.03 Å². The molecule has 34 heavy (non-hydrogen) atoms. The van der Waals surface area contributed by atoms with E-state index in [9.17, 15) is 13.2 Å². The molecular formula is C25H35N5O3S. The predicted octanol–water partition coefficient (Wildman–Crippen LogP) is 4.25. The van der Waals surface area contributed by atoms with Crippen molar-refractivity contribution in [2.24, 2.45) is 11.8 Å². The van der Waals surface area contributed by atoms with Crippen LogP contribution in [-0.2, 0) is 10.0 Å². The summed E-state index contributed by atoms with van der Waals surface area (Å²) in [6, 6.07) is 5.95.